The summed E-state index contributed by atoms with van der Waals surface area (Å²) in [4.78, 5) is 28.9. The smallest absolute Gasteiger partial charge is 0.264 e. The third-order valence-electron chi connectivity index (χ3n) is 6.98. The molecule has 1 N–H and O–H groups in total. The highest BCUT2D eigenvalue weighted by Crippen LogP contribution is 2.36. The predicted molar refractivity (Wildman–Crippen MR) is 167 cm³/mol. The van der Waals surface area contributed by atoms with E-state index >= 15 is 0 Å². The number of rotatable bonds is 13. The zero-order valence-corrected chi connectivity index (χ0v) is 26.4. The van der Waals surface area contributed by atoms with Gasteiger partial charge in [0.05, 0.1) is 20.6 Å². The molecule has 3 aromatic carbocycles. The van der Waals surface area contributed by atoms with Crippen molar-refractivity contribution >= 4 is 50.7 Å². The lowest BCUT2D eigenvalue weighted by molar-refractivity contribution is -0.140. The van der Waals surface area contributed by atoms with Gasteiger partial charge in [-0.05, 0) is 54.8 Å². The molecule has 230 valence electrons. The molecule has 3 aromatic rings. The SMILES string of the molecule is CCCCNC(=O)C(CC)N(Cc1ccc(Cl)c(Cl)c1)C(=O)CN(c1ccc2c(c1)OCCO2)S(=O)(=O)c1ccccc1. The summed E-state index contributed by atoms with van der Waals surface area (Å²) in [6, 6.07) is 16.7. The Bertz CT molecular complexity index is 1540. The lowest BCUT2D eigenvalue weighted by atomic mass is 10.1. The average Bonchev–Trinajstić information content (AvgIpc) is 3.01. The number of halogens is 2. The molecule has 1 unspecified atom stereocenters. The first-order valence-corrected chi connectivity index (χ1v) is 16.3. The van der Waals surface area contributed by atoms with Crippen molar-refractivity contribution in [3.05, 3.63) is 82.3 Å². The van der Waals surface area contributed by atoms with Crippen LogP contribution in [0.5, 0.6) is 11.5 Å². The standard InChI is InChI=1S/C31H35Cl2N3O6S/c1-3-5-15-34-31(38)27(4-2)35(20-22-11-13-25(32)26(33)18-22)30(37)21-36(43(39,40)24-9-7-6-8-10-24)23-12-14-28-29(19-23)42-17-16-41-28/h6-14,18-19,27H,3-5,15-17,20-21H2,1-2H3,(H,34,38). The lowest BCUT2D eigenvalue weighted by Gasteiger charge is -2.33. The topological polar surface area (TPSA) is 105 Å². The molecular formula is C31H35Cl2N3O6S. The van der Waals surface area contributed by atoms with Gasteiger partial charge in [-0.1, -0.05) is 67.7 Å². The van der Waals surface area contributed by atoms with E-state index in [9.17, 15) is 18.0 Å². The molecule has 0 saturated carbocycles. The van der Waals surface area contributed by atoms with E-state index < -0.39 is 28.5 Å². The Hall–Kier alpha value is -3.47. The minimum atomic E-state index is -4.21. The Morgan fingerprint density at radius 2 is 1.65 bits per heavy atom. The number of nitrogens with one attached hydrogen (secondary N) is 1. The van der Waals surface area contributed by atoms with Crippen molar-refractivity contribution in [2.45, 2.75) is 50.6 Å². The van der Waals surface area contributed by atoms with Crippen LogP contribution in [-0.2, 0) is 26.2 Å². The molecule has 1 aliphatic rings. The Morgan fingerprint density at radius 3 is 2.33 bits per heavy atom. The van der Waals surface area contributed by atoms with E-state index in [-0.39, 0.29) is 23.0 Å². The highest BCUT2D eigenvalue weighted by atomic mass is 35.5. The monoisotopic (exact) mass is 647 g/mol. The van der Waals surface area contributed by atoms with Gasteiger partial charge in [0.1, 0.15) is 25.8 Å². The van der Waals surface area contributed by atoms with Crippen molar-refractivity contribution < 1.29 is 27.5 Å². The molecule has 1 heterocycles. The number of anilines is 1. The first kappa shape index (κ1) is 32.4. The molecule has 12 heteroatoms. The van der Waals surface area contributed by atoms with E-state index in [0.717, 1.165) is 17.1 Å². The number of sulfonamides is 1. The summed E-state index contributed by atoms with van der Waals surface area (Å²) in [5.74, 6) is -0.0348. The third kappa shape index (κ3) is 7.93. The second-order valence-corrected chi connectivity index (χ2v) is 12.7. The number of fused-ring (bicyclic) bond motifs is 1. The summed E-state index contributed by atoms with van der Waals surface area (Å²) < 4.78 is 40.4. The molecule has 0 aliphatic carbocycles. The summed E-state index contributed by atoms with van der Waals surface area (Å²) in [5, 5.41) is 3.56. The fourth-order valence-corrected chi connectivity index (χ4v) is 6.44. The summed E-state index contributed by atoms with van der Waals surface area (Å²) in [6.45, 7) is 4.41. The molecule has 0 radical (unpaired) electrons. The molecule has 0 bridgehead atoms. The molecular weight excluding hydrogens is 613 g/mol. The maximum absolute atomic E-state index is 14.2. The van der Waals surface area contributed by atoms with Crippen molar-refractivity contribution in [1.29, 1.82) is 0 Å². The van der Waals surface area contributed by atoms with Crippen molar-refractivity contribution in [3.8, 4) is 11.5 Å². The zero-order valence-electron chi connectivity index (χ0n) is 24.1. The second-order valence-electron chi connectivity index (χ2n) is 9.99. The van der Waals surface area contributed by atoms with E-state index in [1.54, 1.807) is 61.5 Å². The molecule has 1 atom stereocenters. The van der Waals surface area contributed by atoms with E-state index in [2.05, 4.69) is 5.32 Å². The predicted octanol–water partition coefficient (Wildman–Crippen LogP) is 5.68. The lowest BCUT2D eigenvalue weighted by Crippen LogP contribution is -2.52. The molecule has 0 fully saturated rings. The maximum Gasteiger partial charge on any atom is 0.264 e. The van der Waals surface area contributed by atoms with Gasteiger partial charge in [-0.2, -0.15) is 0 Å². The summed E-state index contributed by atoms with van der Waals surface area (Å²) in [7, 11) is -4.21. The quantitative estimate of drug-likeness (QED) is 0.239. The number of carbonyl (C=O) groups is 2. The van der Waals surface area contributed by atoms with E-state index in [0.29, 0.717) is 53.3 Å². The number of benzene rings is 3. The minimum Gasteiger partial charge on any atom is -0.486 e. The fourth-order valence-electron chi connectivity index (χ4n) is 4.70. The third-order valence-corrected chi connectivity index (χ3v) is 9.50. The van der Waals surface area contributed by atoms with Crippen LogP contribution in [0.25, 0.3) is 0 Å². The van der Waals surface area contributed by atoms with Crippen molar-refractivity contribution in [2.24, 2.45) is 0 Å². The molecule has 2 amide bonds. The van der Waals surface area contributed by atoms with Crippen molar-refractivity contribution in [3.63, 3.8) is 0 Å². The normalized spacial score (nSPS) is 13.2. The second kappa shape index (κ2) is 14.8. The van der Waals surface area contributed by atoms with Gasteiger partial charge in [-0.25, -0.2) is 8.42 Å². The number of ether oxygens (including phenoxy) is 2. The van der Waals surface area contributed by atoms with Gasteiger partial charge in [0.2, 0.25) is 11.8 Å². The molecule has 43 heavy (non-hydrogen) atoms. The van der Waals surface area contributed by atoms with E-state index in [1.807, 2.05) is 6.92 Å². The fraction of sp³-hybridized carbons (Fsp3) is 0.355. The molecule has 0 saturated heterocycles. The first-order valence-electron chi connectivity index (χ1n) is 14.1. The number of nitrogens with zero attached hydrogens (tertiary/aromatic N) is 2. The van der Waals surface area contributed by atoms with Crippen molar-refractivity contribution in [2.75, 3.05) is 30.6 Å². The largest absolute Gasteiger partial charge is 0.486 e. The summed E-state index contributed by atoms with van der Waals surface area (Å²) in [5.41, 5.74) is 0.857. The van der Waals surface area contributed by atoms with Crippen LogP contribution in [0.4, 0.5) is 5.69 Å². The van der Waals surface area contributed by atoms with Crippen molar-refractivity contribution in [1.82, 2.24) is 10.2 Å². The van der Waals surface area contributed by atoms with Crippen LogP contribution in [0.15, 0.2) is 71.6 Å². The van der Waals surface area contributed by atoms with Crippen LogP contribution in [0.1, 0.15) is 38.7 Å². The molecule has 0 spiro atoms. The molecule has 9 nitrogen and oxygen atoms in total. The minimum absolute atomic E-state index is 0.00971. The van der Waals surface area contributed by atoms with Crippen LogP contribution in [0.2, 0.25) is 10.0 Å². The highest BCUT2D eigenvalue weighted by molar-refractivity contribution is 7.92. The number of carbonyl (C=O) groups excluding carboxylic acids is 2. The number of hydrogen-bond acceptors (Lipinski definition) is 6. The highest BCUT2D eigenvalue weighted by Gasteiger charge is 2.34. The van der Waals surface area contributed by atoms with Crippen LogP contribution in [0.3, 0.4) is 0 Å². The number of hydrogen-bond donors (Lipinski definition) is 1. The van der Waals surface area contributed by atoms with Gasteiger partial charge >= 0.3 is 0 Å². The maximum atomic E-state index is 14.2. The Kier molecular flexibility index (Phi) is 11.2. The van der Waals surface area contributed by atoms with Gasteiger partial charge in [-0.3, -0.25) is 13.9 Å². The van der Waals surface area contributed by atoms with Crippen LogP contribution < -0.4 is 19.1 Å². The molecule has 0 aromatic heterocycles. The zero-order chi connectivity index (χ0) is 31.0. The Balaban J connectivity index is 1.74. The Labute approximate surface area is 262 Å². The van der Waals surface area contributed by atoms with Gasteiger partial charge in [0.25, 0.3) is 10.0 Å². The van der Waals surface area contributed by atoms with Crippen LogP contribution in [0, 0.1) is 0 Å². The molecule has 1 aliphatic heterocycles. The van der Waals surface area contributed by atoms with Gasteiger partial charge in [0, 0.05) is 19.2 Å². The van der Waals surface area contributed by atoms with E-state index in [1.165, 1.54) is 17.0 Å². The van der Waals surface area contributed by atoms with E-state index in [4.69, 9.17) is 32.7 Å². The summed E-state index contributed by atoms with van der Waals surface area (Å²) >= 11 is 12.4. The Morgan fingerprint density at radius 1 is 0.930 bits per heavy atom. The first-order chi connectivity index (χ1) is 20.6. The molecule has 4 rings (SSSR count). The van der Waals surface area contributed by atoms with Crippen LogP contribution in [-0.4, -0.2) is 57.5 Å². The number of unbranched alkanes of at least 4 members (excludes halogenated alkanes) is 1. The number of amides is 2. The van der Waals surface area contributed by atoms with Gasteiger partial charge in [0.15, 0.2) is 11.5 Å². The summed E-state index contributed by atoms with van der Waals surface area (Å²) in [6.07, 6.45) is 1.99. The van der Waals surface area contributed by atoms with Gasteiger partial charge < -0.3 is 19.7 Å². The average molecular weight is 649 g/mol. The van der Waals surface area contributed by atoms with Crippen LogP contribution >= 0.6 is 23.2 Å². The van der Waals surface area contributed by atoms with Gasteiger partial charge in [-0.15, -0.1) is 0 Å².